The monoisotopic (exact) mass is 558 g/mol. The van der Waals surface area contributed by atoms with E-state index in [0.29, 0.717) is 28.1 Å². The lowest BCUT2D eigenvalue weighted by Crippen LogP contribution is -2.37. The quantitative estimate of drug-likeness (QED) is 0.333. The van der Waals surface area contributed by atoms with Crippen LogP contribution in [0.3, 0.4) is 0 Å². The van der Waals surface area contributed by atoms with E-state index in [1.54, 1.807) is 19.1 Å². The number of likely N-dealkylation sites (N-methyl/N-ethyl adjacent to an activating group) is 1. The SMILES string of the molecule is CCN(C(=O)Cn1nc(-c2ccc(S(N)(=O)=O)cc2)c2ccc(OC)cc2c1=O)c1ccc(OC(F)F)cc1. The van der Waals surface area contributed by atoms with Crippen LogP contribution in [0.25, 0.3) is 22.0 Å². The molecular formula is C26H24F2N4O6S. The first-order valence-corrected chi connectivity index (χ1v) is 13.1. The standard InChI is InChI=1S/C26H24F2N4O6S/c1-3-31(17-6-8-18(9-7-17)38-26(27)28)23(33)15-32-25(34)22-14-19(37-2)10-13-21(22)24(30-32)16-4-11-20(12-5-16)39(29,35)36/h4-14,26H,3,15H2,1-2H3,(H2,29,35,36). The van der Waals surface area contributed by atoms with Crippen LogP contribution in [-0.2, 0) is 21.4 Å². The maximum absolute atomic E-state index is 13.4. The lowest BCUT2D eigenvalue weighted by Gasteiger charge is -2.22. The minimum absolute atomic E-state index is 0.0586. The number of hydrogen-bond acceptors (Lipinski definition) is 7. The number of alkyl halides is 2. The minimum Gasteiger partial charge on any atom is -0.497 e. The number of rotatable bonds is 9. The van der Waals surface area contributed by atoms with Crippen LogP contribution in [0.5, 0.6) is 11.5 Å². The summed E-state index contributed by atoms with van der Waals surface area (Å²) in [5.74, 6) is -0.121. The number of fused-ring (bicyclic) bond motifs is 1. The molecule has 0 atom stereocenters. The number of halogens is 2. The number of ether oxygens (including phenoxy) is 2. The molecule has 0 fully saturated rings. The predicted octanol–water partition coefficient (Wildman–Crippen LogP) is 3.37. The summed E-state index contributed by atoms with van der Waals surface area (Å²) in [6.07, 6.45) is 0. The van der Waals surface area contributed by atoms with Crippen molar-refractivity contribution in [1.82, 2.24) is 9.78 Å². The Labute approximate surface area is 222 Å². The summed E-state index contributed by atoms with van der Waals surface area (Å²) < 4.78 is 58.9. The van der Waals surface area contributed by atoms with Gasteiger partial charge in [-0.3, -0.25) is 9.59 Å². The number of nitrogens with two attached hydrogens (primary N) is 1. The van der Waals surface area contributed by atoms with Gasteiger partial charge in [-0.25, -0.2) is 18.2 Å². The smallest absolute Gasteiger partial charge is 0.387 e. The molecular weight excluding hydrogens is 534 g/mol. The van der Waals surface area contributed by atoms with E-state index in [2.05, 4.69) is 9.84 Å². The fraction of sp³-hybridized carbons (Fsp3) is 0.192. The Kier molecular flexibility index (Phi) is 7.93. The molecule has 4 rings (SSSR count). The molecule has 0 aliphatic rings. The fourth-order valence-electron chi connectivity index (χ4n) is 4.04. The first-order valence-electron chi connectivity index (χ1n) is 11.6. The summed E-state index contributed by atoms with van der Waals surface area (Å²) in [5, 5.41) is 10.4. The van der Waals surface area contributed by atoms with Gasteiger partial charge in [-0.15, -0.1) is 0 Å². The first kappa shape index (κ1) is 27.7. The van der Waals surface area contributed by atoms with E-state index in [0.717, 1.165) is 4.68 Å². The molecule has 0 radical (unpaired) electrons. The highest BCUT2D eigenvalue weighted by atomic mass is 32.2. The number of carbonyl (C=O) groups is 1. The number of carbonyl (C=O) groups excluding carboxylic acids is 1. The van der Waals surface area contributed by atoms with Crippen LogP contribution in [0, 0.1) is 0 Å². The Balaban J connectivity index is 1.76. The normalized spacial score (nSPS) is 11.5. The second-order valence-corrected chi connectivity index (χ2v) is 9.86. The number of amides is 1. The zero-order chi connectivity index (χ0) is 28.3. The van der Waals surface area contributed by atoms with Gasteiger partial charge in [0, 0.05) is 23.2 Å². The van der Waals surface area contributed by atoms with Crippen molar-refractivity contribution in [3.05, 3.63) is 77.1 Å². The van der Waals surface area contributed by atoms with Gasteiger partial charge in [0.25, 0.3) is 5.56 Å². The van der Waals surface area contributed by atoms with Gasteiger partial charge in [0.1, 0.15) is 18.0 Å². The van der Waals surface area contributed by atoms with Crippen molar-refractivity contribution < 1.29 is 31.5 Å². The Morgan fingerprint density at radius 3 is 2.23 bits per heavy atom. The average Bonchev–Trinajstić information content (AvgIpc) is 2.90. The van der Waals surface area contributed by atoms with Crippen LogP contribution in [0.15, 0.2) is 76.4 Å². The Morgan fingerprint density at radius 2 is 1.67 bits per heavy atom. The molecule has 3 aromatic carbocycles. The van der Waals surface area contributed by atoms with Crippen molar-refractivity contribution in [2.24, 2.45) is 5.14 Å². The highest BCUT2D eigenvalue weighted by molar-refractivity contribution is 7.89. The van der Waals surface area contributed by atoms with E-state index in [1.807, 2.05) is 0 Å². The van der Waals surface area contributed by atoms with Crippen molar-refractivity contribution in [2.75, 3.05) is 18.6 Å². The summed E-state index contributed by atoms with van der Waals surface area (Å²) in [5.41, 5.74) is 0.690. The lowest BCUT2D eigenvalue weighted by molar-refractivity contribution is -0.119. The predicted molar refractivity (Wildman–Crippen MR) is 140 cm³/mol. The number of anilines is 1. The van der Waals surface area contributed by atoms with Gasteiger partial charge in [-0.1, -0.05) is 12.1 Å². The molecule has 0 aliphatic carbocycles. The fourth-order valence-corrected chi connectivity index (χ4v) is 4.56. The van der Waals surface area contributed by atoms with E-state index in [-0.39, 0.29) is 22.6 Å². The van der Waals surface area contributed by atoms with Gasteiger partial charge >= 0.3 is 6.61 Å². The first-order chi connectivity index (χ1) is 18.5. The van der Waals surface area contributed by atoms with Crippen LogP contribution < -0.4 is 25.1 Å². The number of methoxy groups -OCH3 is 1. The van der Waals surface area contributed by atoms with E-state index in [4.69, 9.17) is 9.88 Å². The average molecular weight is 559 g/mol. The number of aromatic nitrogens is 2. The van der Waals surface area contributed by atoms with E-state index >= 15 is 0 Å². The maximum Gasteiger partial charge on any atom is 0.387 e. The van der Waals surface area contributed by atoms with Crippen LogP contribution in [-0.4, -0.2) is 44.4 Å². The van der Waals surface area contributed by atoms with Crippen molar-refractivity contribution in [3.8, 4) is 22.8 Å². The summed E-state index contributed by atoms with van der Waals surface area (Å²) in [6.45, 7) is -1.46. The van der Waals surface area contributed by atoms with Crippen molar-refractivity contribution in [1.29, 1.82) is 0 Å². The minimum atomic E-state index is -3.92. The molecule has 0 unspecified atom stereocenters. The molecule has 10 nitrogen and oxygen atoms in total. The second kappa shape index (κ2) is 11.2. The molecule has 2 N–H and O–H groups in total. The maximum atomic E-state index is 13.4. The molecule has 4 aromatic rings. The Bertz CT molecular complexity index is 1670. The summed E-state index contributed by atoms with van der Waals surface area (Å²) in [4.78, 5) is 28.0. The lowest BCUT2D eigenvalue weighted by atomic mass is 10.0. The van der Waals surface area contributed by atoms with Crippen molar-refractivity contribution in [2.45, 2.75) is 25.0 Å². The van der Waals surface area contributed by atoms with Crippen LogP contribution in [0.2, 0.25) is 0 Å². The number of hydrogen-bond donors (Lipinski definition) is 1. The number of nitrogens with zero attached hydrogens (tertiary/aromatic N) is 3. The molecule has 1 aromatic heterocycles. The topological polar surface area (TPSA) is 134 Å². The molecule has 39 heavy (non-hydrogen) atoms. The molecule has 0 aliphatic heterocycles. The Hall–Kier alpha value is -4.36. The summed E-state index contributed by atoms with van der Waals surface area (Å²) >= 11 is 0. The zero-order valence-corrected chi connectivity index (χ0v) is 21.7. The molecule has 13 heteroatoms. The van der Waals surface area contributed by atoms with Gasteiger partial charge in [0.15, 0.2) is 0 Å². The molecule has 1 heterocycles. The van der Waals surface area contributed by atoms with Gasteiger partial charge in [-0.2, -0.15) is 13.9 Å². The van der Waals surface area contributed by atoms with Gasteiger partial charge in [0.05, 0.1) is 23.1 Å². The van der Waals surface area contributed by atoms with Crippen LogP contribution in [0.1, 0.15) is 6.92 Å². The largest absolute Gasteiger partial charge is 0.497 e. The Morgan fingerprint density at radius 1 is 1.03 bits per heavy atom. The van der Waals surface area contributed by atoms with Crippen molar-refractivity contribution in [3.63, 3.8) is 0 Å². The highest BCUT2D eigenvalue weighted by Crippen LogP contribution is 2.28. The number of sulfonamides is 1. The summed E-state index contributed by atoms with van der Waals surface area (Å²) in [7, 11) is -2.47. The van der Waals surface area contributed by atoms with Crippen LogP contribution in [0.4, 0.5) is 14.5 Å². The second-order valence-electron chi connectivity index (χ2n) is 8.30. The molecule has 0 saturated carbocycles. The number of benzene rings is 3. The van der Waals surface area contributed by atoms with Gasteiger partial charge < -0.3 is 14.4 Å². The van der Waals surface area contributed by atoms with E-state index in [1.165, 1.54) is 66.6 Å². The molecule has 0 saturated heterocycles. The van der Waals surface area contributed by atoms with Gasteiger partial charge in [0.2, 0.25) is 15.9 Å². The molecule has 0 bridgehead atoms. The van der Waals surface area contributed by atoms with E-state index < -0.39 is 34.6 Å². The van der Waals surface area contributed by atoms with Crippen LogP contribution >= 0.6 is 0 Å². The zero-order valence-electron chi connectivity index (χ0n) is 20.9. The molecule has 0 spiro atoms. The highest BCUT2D eigenvalue weighted by Gasteiger charge is 2.20. The number of primary sulfonamides is 1. The van der Waals surface area contributed by atoms with Crippen molar-refractivity contribution >= 4 is 32.4 Å². The third-order valence-electron chi connectivity index (χ3n) is 5.90. The third-order valence-corrected chi connectivity index (χ3v) is 6.83. The molecule has 1 amide bonds. The van der Waals surface area contributed by atoms with Gasteiger partial charge in [-0.05, 0) is 61.5 Å². The third kappa shape index (κ3) is 6.04. The summed E-state index contributed by atoms with van der Waals surface area (Å²) in [6, 6.07) is 16.0. The van der Waals surface area contributed by atoms with E-state index in [9.17, 15) is 26.8 Å². The molecule has 204 valence electrons.